The van der Waals surface area contributed by atoms with E-state index < -0.39 is 0 Å². The zero-order chi connectivity index (χ0) is 14.9. The first-order chi connectivity index (χ1) is 9.38. The van der Waals surface area contributed by atoms with Crippen molar-refractivity contribution in [1.82, 2.24) is 9.78 Å². The molecule has 0 aliphatic heterocycles. The Hall–Kier alpha value is -1.97. The van der Waals surface area contributed by atoms with Crippen LogP contribution in [-0.4, -0.2) is 14.9 Å². The Balaban J connectivity index is 2.19. The van der Waals surface area contributed by atoms with Gasteiger partial charge in [0.05, 0.1) is 5.69 Å². The minimum Gasteiger partial charge on any atom is -0.508 e. The van der Waals surface area contributed by atoms with E-state index in [0.29, 0.717) is 11.7 Å². The van der Waals surface area contributed by atoms with E-state index in [1.54, 1.807) is 6.07 Å². The summed E-state index contributed by atoms with van der Waals surface area (Å²) in [5.74, 6) is 0.757. The van der Waals surface area contributed by atoms with Gasteiger partial charge in [0.15, 0.2) is 0 Å². The zero-order valence-corrected chi connectivity index (χ0v) is 12.9. The number of hydrogen-bond donors (Lipinski definition) is 2. The molecule has 4 nitrogen and oxygen atoms in total. The van der Waals surface area contributed by atoms with Crippen LogP contribution in [0.1, 0.15) is 42.1 Å². The fourth-order valence-electron chi connectivity index (χ4n) is 2.36. The molecule has 0 fully saturated rings. The van der Waals surface area contributed by atoms with Gasteiger partial charge < -0.3 is 10.4 Å². The number of aromatic hydroxyl groups is 1. The van der Waals surface area contributed by atoms with E-state index in [4.69, 9.17) is 0 Å². The number of aromatic nitrogens is 2. The molecule has 0 unspecified atom stereocenters. The van der Waals surface area contributed by atoms with Crippen LogP contribution in [0.4, 0.5) is 5.69 Å². The molecule has 2 N–H and O–H groups in total. The van der Waals surface area contributed by atoms with Gasteiger partial charge in [-0.25, -0.2) is 0 Å². The molecule has 4 heteroatoms. The molecule has 2 rings (SSSR count). The van der Waals surface area contributed by atoms with Crippen LogP contribution in [0.3, 0.4) is 0 Å². The van der Waals surface area contributed by atoms with Crippen LogP contribution >= 0.6 is 0 Å². The molecule has 0 spiro atoms. The predicted octanol–water partition coefficient (Wildman–Crippen LogP) is 3.48. The molecule has 0 aliphatic carbocycles. The van der Waals surface area contributed by atoms with Crippen molar-refractivity contribution < 1.29 is 5.11 Å². The van der Waals surface area contributed by atoms with Gasteiger partial charge in [-0.2, -0.15) is 5.10 Å². The van der Waals surface area contributed by atoms with Crippen molar-refractivity contribution in [1.29, 1.82) is 0 Å². The molecule has 0 radical (unpaired) electrons. The van der Waals surface area contributed by atoms with Gasteiger partial charge in [-0.1, -0.05) is 13.8 Å². The summed E-state index contributed by atoms with van der Waals surface area (Å²) in [7, 11) is 1.95. The molecule has 1 aromatic heterocycles. The monoisotopic (exact) mass is 273 g/mol. The third-order valence-corrected chi connectivity index (χ3v) is 3.50. The predicted molar refractivity (Wildman–Crippen MR) is 82.2 cm³/mol. The van der Waals surface area contributed by atoms with Gasteiger partial charge in [-0.3, -0.25) is 4.68 Å². The van der Waals surface area contributed by atoms with Crippen molar-refractivity contribution in [2.75, 3.05) is 5.32 Å². The highest BCUT2D eigenvalue weighted by Crippen LogP contribution is 2.26. The van der Waals surface area contributed by atoms with E-state index in [9.17, 15) is 5.11 Å². The van der Waals surface area contributed by atoms with Gasteiger partial charge in [0, 0.05) is 31.0 Å². The highest BCUT2D eigenvalue weighted by molar-refractivity contribution is 5.56. The molecule has 20 heavy (non-hydrogen) atoms. The summed E-state index contributed by atoms with van der Waals surface area (Å²) in [4.78, 5) is 0. The van der Waals surface area contributed by atoms with Gasteiger partial charge in [0.2, 0.25) is 0 Å². The lowest BCUT2D eigenvalue weighted by Crippen LogP contribution is -2.04. The molecule has 0 atom stereocenters. The number of aryl methyl sites for hydroxylation is 3. The average Bonchev–Trinajstić information content (AvgIpc) is 2.74. The third kappa shape index (κ3) is 2.95. The molecule has 1 aromatic carbocycles. The average molecular weight is 273 g/mol. The third-order valence-electron chi connectivity index (χ3n) is 3.50. The van der Waals surface area contributed by atoms with Crippen molar-refractivity contribution in [3.8, 4) is 5.75 Å². The lowest BCUT2D eigenvalue weighted by atomic mass is 10.1. The Morgan fingerprint density at radius 3 is 2.60 bits per heavy atom. The van der Waals surface area contributed by atoms with E-state index in [0.717, 1.165) is 29.1 Å². The normalized spacial score (nSPS) is 11.1. The van der Waals surface area contributed by atoms with Gasteiger partial charge in [0.1, 0.15) is 5.75 Å². The molecule has 1 heterocycles. The van der Waals surface area contributed by atoms with Crippen LogP contribution < -0.4 is 5.32 Å². The number of nitrogens with zero attached hydrogens (tertiary/aromatic N) is 2. The number of phenolic OH excluding ortho intramolecular Hbond substituents is 1. The summed E-state index contributed by atoms with van der Waals surface area (Å²) < 4.78 is 1.86. The Bertz CT molecular complexity index is 614. The SMILES string of the molecule is Cc1cc(NCc2cn(C)nc2C(C)C)c(C)cc1O. The number of nitrogens with one attached hydrogen (secondary N) is 1. The minimum atomic E-state index is 0.345. The van der Waals surface area contributed by atoms with Gasteiger partial charge >= 0.3 is 0 Å². The summed E-state index contributed by atoms with van der Waals surface area (Å²) in [6.45, 7) is 8.95. The molecule has 0 bridgehead atoms. The topological polar surface area (TPSA) is 50.1 Å². The number of benzene rings is 1. The second-order valence-corrected chi connectivity index (χ2v) is 5.68. The van der Waals surface area contributed by atoms with E-state index >= 15 is 0 Å². The first kappa shape index (κ1) is 14.4. The Kier molecular flexibility index (Phi) is 4.02. The molecule has 0 amide bonds. The standard InChI is InChI=1S/C16H23N3O/c1-10(2)16-13(9-19(5)18-16)8-17-14-6-12(4)15(20)7-11(14)3/h6-7,9-10,17,20H,8H2,1-5H3. The summed E-state index contributed by atoms with van der Waals surface area (Å²) in [5, 5.41) is 17.6. The second-order valence-electron chi connectivity index (χ2n) is 5.68. The maximum atomic E-state index is 9.69. The van der Waals surface area contributed by atoms with Crippen LogP contribution in [0.5, 0.6) is 5.75 Å². The van der Waals surface area contributed by atoms with Crippen molar-refractivity contribution in [2.45, 2.75) is 40.2 Å². The quantitative estimate of drug-likeness (QED) is 0.839. The van der Waals surface area contributed by atoms with Crippen LogP contribution in [-0.2, 0) is 13.6 Å². The van der Waals surface area contributed by atoms with Crippen molar-refractivity contribution in [2.24, 2.45) is 7.05 Å². The molecular formula is C16H23N3O. The number of hydrogen-bond acceptors (Lipinski definition) is 3. The first-order valence-corrected chi connectivity index (χ1v) is 6.95. The number of phenols is 1. The highest BCUT2D eigenvalue weighted by atomic mass is 16.3. The Labute approximate surface area is 120 Å². The summed E-state index contributed by atoms with van der Waals surface area (Å²) in [6, 6.07) is 3.78. The molecule has 0 aliphatic rings. The summed E-state index contributed by atoms with van der Waals surface area (Å²) in [5.41, 5.74) is 5.33. The lowest BCUT2D eigenvalue weighted by Gasteiger charge is -2.12. The Morgan fingerprint density at radius 1 is 1.25 bits per heavy atom. The number of anilines is 1. The van der Waals surface area contributed by atoms with Crippen molar-refractivity contribution in [3.63, 3.8) is 0 Å². The fraction of sp³-hybridized carbons (Fsp3) is 0.438. The fourth-order valence-corrected chi connectivity index (χ4v) is 2.36. The maximum absolute atomic E-state index is 9.69. The lowest BCUT2D eigenvalue weighted by molar-refractivity contribution is 0.471. The second kappa shape index (κ2) is 5.57. The molecule has 0 saturated heterocycles. The molecule has 2 aromatic rings. The zero-order valence-electron chi connectivity index (χ0n) is 12.9. The minimum absolute atomic E-state index is 0.345. The van der Waals surface area contributed by atoms with Crippen molar-refractivity contribution in [3.05, 3.63) is 40.7 Å². The largest absolute Gasteiger partial charge is 0.508 e. The van der Waals surface area contributed by atoms with Gasteiger partial charge in [-0.15, -0.1) is 0 Å². The van der Waals surface area contributed by atoms with E-state index in [-0.39, 0.29) is 0 Å². The van der Waals surface area contributed by atoms with Crippen LogP contribution in [0, 0.1) is 13.8 Å². The molecule has 0 saturated carbocycles. The van der Waals surface area contributed by atoms with Gasteiger partial charge in [0.25, 0.3) is 0 Å². The molecule has 108 valence electrons. The Morgan fingerprint density at radius 2 is 1.95 bits per heavy atom. The first-order valence-electron chi connectivity index (χ1n) is 6.95. The number of rotatable bonds is 4. The van der Waals surface area contributed by atoms with Crippen molar-refractivity contribution >= 4 is 5.69 Å². The summed E-state index contributed by atoms with van der Waals surface area (Å²) >= 11 is 0. The molecular weight excluding hydrogens is 250 g/mol. The van der Waals surface area contributed by atoms with Crippen LogP contribution in [0.15, 0.2) is 18.3 Å². The van der Waals surface area contributed by atoms with E-state index in [1.807, 2.05) is 31.6 Å². The van der Waals surface area contributed by atoms with E-state index in [2.05, 4.69) is 30.5 Å². The van der Waals surface area contributed by atoms with Crippen LogP contribution in [0.2, 0.25) is 0 Å². The van der Waals surface area contributed by atoms with E-state index in [1.165, 1.54) is 5.56 Å². The highest BCUT2D eigenvalue weighted by Gasteiger charge is 2.11. The van der Waals surface area contributed by atoms with Gasteiger partial charge in [-0.05, 0) is 43.0 Å². The summed E-state index contributed by atoms with van der Waals surface area (Å²) in [6.07, 6.45) is 2.06. The maximum Gasteiger partial charge on any atom is 0.118 e. The smallest absolute Gasteiger partial charge is 0.118 e. The van der Waals surface area contributed by atoms with Crippen LogP contribution in [0.25, 0.3) is 0 Å².